The lowest BCUT2D eigenvalue weighted by molar-refractivity contribution is -0.154. The quantitative estimate of drug-likeness (QED) is 0.842. The number of benzene rings is 1. The zero-order valence-electron chi connectivity index (χ0n) is 12.3. The SMILES string of the molecule is [2H]C([2H])([2H])[C@@]([2H])(N[C@@H](CO)c1ccccc1)C(F)(F)F. The summed E-state index contributed by atoms with van der Waals surface area (Å²) in [6, 6.07) is 2.40. The lowest BCUT2D eigenvalue weighted by Gasteiger charge is -2.23. The van der Waals surface area contributed by atoms with E-state index in [-0.39, 0.29) is 5.56 Å². The van der Waals surface area contributed by atoms with Gasteiger partial charge < -0.3 is 5.11 Å². The molecule has 16 heavy (non-hydrogen) atoms. The number of nitrogens with one attached hydrogen (secondary N) is 1. The second-order valence-corrected chi connectivity index (χ2v) is 3.16. The van der Waals surface area contributed by atoms with Crippen molar-refractivity contribution in [2.24, 2.45) is 0 Å². The van der Waals surface area contributed by atoms with Gasteiger partial charge in [-0.25, -0.2) is 0 Å². The van der Waals surface area contributed by atoms with Crippen molar-refractivity contribution in [2.75, 3.05) is 6.61 Å². The maximum absolute atomic E-state index is 12.9. The van der Waals surface area contributed by atoms with Crippen LogP contribution in [0, 0.1) is 0 Å². The molecule has 1 aromatic carbocycles. The number of halogens is 3. The Bertz CT molecular complexity index is 422. The molecule has 0 saturated heterocycles. The molecule has 2 nitrogen and oxygen atoms in total. The molecule has 0 bridgehead atoms. The minimum Gasteiger partial charge on any atom is -0.394 e. The number of alkyl halides is 3. The van der Waals surface area contributed by atoms with Gasteiger partial charge in [-0.15, -0.1) is 0 Å². The van der Waals surface area contributed by atoms with Crippen molar-refractivity contribution in [1.82, 2.24) is 5.32 Å². The number of aliphatic hydroxyl groups excluding tert-OH is 1. The van der Waals surface area contributed by atoms with E-state index in [1.165, 1.54) is 24.3 Å². The number of aliphatic hydroxyl groups is 1. The predicted octanol–water partition coefficient (Wildman–Crippen LogP) is 2.26. The molecule has 2 atom stereocenters. The monoisotopic (exact) mass is 237 g/mol. The highest BCUT2D eigenvalue weighted by atomic mass is 19.4. The second-order valence-electron chi connectivity index (χ2n) is 3.16. The predicted molar refractivity (Wildman–Crippen MR) is 54.9 cm³/mol. The van der Waals surface area contributed by atoms with Gasteiger partial charge in [0.1, 0.15) is 6.02 Å². The zero-order chi connectivity index (χ0) is 15.6. The van der Waals surface area contributed by atoms with Gasteiger partial charge in [-0.2, -0.15) is 13.2 Å². The molecule has 1 rings (SSSR count). The van der Waals surface area contributed by atoms with Gasteiger partial charge in [0.15, 0.2) is 0 Å². The summed E-state index contributed by atoms with van der Waals surface area (Å²) >= 11 is 0. The second kappa shape index (κ2) is 5.32. The lowest BCUT2D eigenvalue weighted by atomic mass is 10.1. The number of hydrogen-bond donors (Lipinski definition) is 2. The van der Waals surface area contributed by atoms with Crippen LogP contribution >= 0.6 is 0 Å². The third kappa shape index (κ3) is 3.50. The molecular formula is C11H14F3NO. The van der Waals surface area contributed by atoms with Gasteiger partial charge in [-0.3, -0.25) is 5.32 Å². The molecule has 5 heteroatoms. The topological polar surface area (TPSA) is 32.3 Å². The molecule has 0 aliphatic carbocycles. The molecular weight excluding hydrogens is 219 g/mol. The van der Waals surface area contributed by atoms with E-state index in [1.54, 1.807) is 11.4 Å². The zero-order valence-corrected chi connectivity index (χ0v) is 8.25. The fraction of sp³-hybridized carbons (Fsp3) is 0.455. The molecule has 0 spiro atoms. The Morgan fingerprint density at radius 1 is 1.44 bits per heavy atom. The van der Waals surface area contributed by atoms with Crippen LogP contribution in [0.3, 0.4) is 0 Å². The molecule has 0 saturated carbocycles. The number of hydrogen-bond acceptors (Lipinski definition) is 2. The van der Waals surface area contributed by atoms with Crippen LogP contribution in [0.15, 0.2) is 30.3 Å². The molecule has 0 aliphatic heterocycles. The van der Waals surface area contributed by atoms with Crippen LogP contribution in [0.4, 0.5) is 13.2 Å². The first kappa shape index (κ1) is 8.08. The van der Waals surface area contributed by atoms with Crippen LogP contribution in [0.1, 0.15) is 23.9 Å². The van der Waals surface area contributed by atoms with Crippen molar-refractivity contribution in [3.63, 3.8) is 0 Å². The first-order chi connectivity index (χ1) is 9.03. The molecule has 0 amide bonds. The molecule has 2 N–H and O–H groups in total. The van der Waals surface area contributed by atoms with Crippen LogP contribution in [-0.2, 0) is 0 Å². The molecule has 0 fully saturated rings. The van der Waals surface area contributed by atoms with E-state index in [2.05, 4.69) is 0 Å². The highest BCUT2D eigenvalue weighted by Gasteiger charge is 2.37. The Morgan fingerprint density at radius 2 is 2.06 bits per heavy atom. The van der Waals surface area contributed by atoms with Gasteiger partial charge in [-0.1, -0.05) is 30.3 Å². The summed E-state index contributed by atoms with van der Waals surface area (Å²) < 4.78 is 66.9. The molecule has 90 valence electrons. The van der Waals surface area contributed by atoms with Crippen LogP contribution < -0.4 is 5.32 Å². The summed E-state index contributed by atoms with van der Waals surface area (Å²) in [4.78, 5) is 0. The van der Waals surface area contributed by atoms with E-state index in [9.17, 15) is 18.3 Å². The summed E-state index contributed by atoms with van der Waals surface area (Å²) in [5.41, 5.74) is 0.264. The Hall–Kier alpha value is -1.07. The molecule has 0 aliphatic rings. The van der Waals surface area contributed by atoms with E-state index in [0.29, 0.717) is 0 Å². The normalized spacial score (nSPS) is 22.2. The summed E-state index contributed by atoms with van der Waals surface area (Å²) in [5, 5.41) is 10.9. The first-order valence-electron chi connectivity index (χ1n) is 6.53. The molecule has 1 aromatic rings. The third-order valence-electron chi connectivity index (χ3n) is 1.99. The van der Waals surface area contributed by atoms with E-state index >= 15 is 0 Å². The third-order valence-corrected chi connectivity index (χ3v) is 1.99. The Balaban J connectivity index is 3.13. The molecule has 0 unspecified atom stereocenters. The Morgan fingerprint density at radius 3 is 2.50 bits per heavy atom. The van der Waals surface area contributed by atoms with Gasteiger partial charge in [0.2, 0.25) is 0 Å². The van der Waals surface area contributed by atoms with Crippen molar-refractivity contribution in [2.45, 2.75) is 25.1 Å². The minimum absolute atomic E-state index is 0.264. The van der Waals surface area contributed by atoms with E-state index in [1.807, 2.05) is 0 Å². The van der Waals surface area contributed by atoms with Crippen LogP contribution in [-0.4, -0.2) is 23.9 Å². The van der Waals surface area contributed by atoms with Gasteiger partial charge in [-0.05, 0) is 12.4 Å². The molecule has 0 heterocycles. The van der Waals surface area contributed by atoms with Gasteiger partial charge in [0.05, 0.1) is 14.0 Å². The highest BCUT2D eigenvalue weighted by molar-refractivity contribution is 5.19. The van der Waals surface area contributed by atoms with E-state index in [4.69, 9.17) is 5.48 Å². The van der Waals surface area contributed by atoms with E-state index < -0.39 is 31.7 Å². The Labute approximate surface area is 97.7 Å². The smallest absolute Gasteiger partial charge is 0.394 e. The van der Waals surface area contributed by atoms with Crippen molar-refractivity contribution in [1.29, 1.82) is 0 Å². The fourth-order valence-electron chi connectivity index (χ4n) is 1.18. The van der Waals surface area contributed by atoms with Gasteiger partial charge in [0.25, 0.3) is 0 Å². The van der Waals surface area contributed by atoms with Crippen molar-refractivity contribution >= 4 is 0 Å². The average Bonchev–Trinajstić information content (AvgIpc) is 2.34. The van der Waals surface area contributed by atoms with Crippen molar-refractivity contribution < 1.29 is 23.8 Å². The standard InChI is InChI=1S/C11H14F3NO/c1-8(11(12,13)14)15-10(7-16)9-5-3-2-4-6-9/h2-6,8,10,15-16H,7H2,1H3/t8-,10+/m1/s1/i1D3,8D. The maximum Gasteiger partial charge on any atom is 0.403 e. The average molecular weight is 237 g/mol. The fourth-order valence-corrected chi connectivity index (χ4v) is 1.18. The largest absolute Gasteiger partial charge is 0.403 e. The molecule has 0 radical (unpaired) electrons. The summed E-state index contributed by atoms with van der Waals surface area (Å²) in [6.07, 6.45) is -5.32. The van der Waals surface area contributed by atoms with Crippen LogP contribution in [0.25, 0.3) is 0 Å². The summed E-state index contributed by atoms with van der Waals surface area (Å²) in [7, 11) is 0. The molecule has 0 aromatic heterocycles. The van der Waals surface area contributed by atoms with Crippen molar-refractivity contribution in [3.05, 3.63) is 35.9 Å². The minimum atomic E-state index is -5.32. The van der Waals surface area contributed by atoms with Crippen molar-refractivity contribution in [3.8, 4) is 0 Å². The maximum atomic E-state index is 12.9. The Kier molecular flexibility index (Phi) is 2.69. The summed E-state index contributed by atoms with van der Waals surface area (Å²) in [6.45, 7) is -4.40. The highest BCUT2D eigenvalue weighted by Crippen LogP contribution is 2.22. The van der Waals surface area contributed by atoms with Crippen LogP contribution in [0.5, 0.6) is 0 Å². The summed E-state index contributed by atoms with van der Waals surface area (Å²) in [5.74, 6) is 0. The lowest BCUT2D eigenvalue weighted by Crippen LogP contribution is -2.42. The van der Waals surface area contributed by atoms with Gasteiger partial charge in [0, 0.05) is 4.11 Å². The van der Waals surface area contributed by atoms with Gasteiger partial charge >= 0.3 is 6.18 Å². The van der Waals surface area contributed by atoms with Crippen LogP contribution in [0.2, 0.25) is 0 Å². The number of rotatable bonds is 4. The van der Waals surface area contributed by atoms with E-state index in [0.717, 1.165) is 0 Å². The first-order valence-corrected chi connectivity index (χ1v) is 4.53.